The van der Waals surface area contributed by atoms with Gasteiger partial charge in [-0.05, 0) is 17.7 Å². The Bertz CT molecular complexity index is 540. The summed E-state index contributed by atoms with van der Waals surface area (Å²) in [6.45, 7) is 0.425. The van der Waals surface area contributed by atoms with E-state index in [4.69, 9.17) is 9.47 Å². The van der Waals surface area contributed by atoms with Gasteiger partial charge in [-0.15, -0.1) is 0 Å². The molecule has 2 rings (SSSR count). The van der Waals surface area contributed by atoms with Crippen molar-refractivity contribution >= 4 is 6.09 Å². The predicted octanol–water partition coefficient (Wildman–Crippen LogP) is 2.98. The van der Waals surface area contributed by atoms with E-state index in [2.05, 4.69) is 5.32 Å². The van der Waals surface area contributed by atoms with Crippen LogP contribution in [-0.2, 0) is 6.54 Å². The molecule has 0 saturated carbocycles. The number of rotatable bonds is 4. The fraction of sp³-hybridized carbons (Fsp3) is 0.133. The lowest BCUT2D eigenvalue weighted by Gasteiger charge is -2.09. The van der Waals surface area contributed by atoms with Crippen LogP contribution in [0.2, 0.25) is 0 Å². The second-order valence-corrected chi connectivity index (χ2v) is 3.88. The first-order valence-electron chi connectivity index (χ1n) is 5.92. The Morgan fingerprint density at radius 1 is 1.00 bits per heavy atom. The molecule has 0 aliphatic heterocycles. The van der Waals surface area contributed by atoms with E-state index in [-0.39, 0.29) is 0 Å². The average molecular weight is 257 g/mol. The Morgan fingerprint density at radius 2 is 1.63 bits per heavy atom. The van der Waals surface area contributed by atoms with Gasteiger partial charge < -0.3 is 14.8 Å². The minimum absolute atomic E-state index is 0.399. The Morgan fingerprint density at radius 3 is 2.32 bits per heavy atom. The Labute approximate surface area is 112 Å². The molecule has 4 nitrogen and oxygen atoms in total. The highest BCUT2D eigenvalue weighted by Gasteiger charge is 2.08. The van der Waals surface area contributed by atoms with E-state index in [1.165, 1.54) is 7.11 Å². The molecule has 4 heteroatoms. The van der Waals surface area contributed by atoms with Gasteiger partial charge in [-0.1, -0.05) is 42.5 Å². The molecule has 2 aromatic rings. The van der Waals surface area contributed by atoms with Gasteiger partial charge in [0.1, 0.15) is 0 Å². The number of nitrogens with one attached hydrogen (secondary N) is 1. The van der Waals surface area contributed by atoms with Crippen molar-refractivity contribution in [2.75, 3.05) is 7.11 Å². The van der Waals surface area contributed by atoms with Crippen LogP contribution in [0.15, 0.2) is 54.6 Å². The number of hydrogen-bond donors (Lipinski definition) is 1. The molecule has 0 aliphatic rings. The maximum absolute atomic E-state index is 11.7. The fourth-order valence-corrected chi connectivity index (χ4v) is 1.61. The van der Waals surface area contributed by atoms with E-state index in [0.29, 0.717) is 18.0 Å². The van der Waals surface area contributed by atoms with E-state index in [1.807, 2.05) is 36.4 Å². The molecule has 0 radical (unpaired) electrons. The molecule has 1 amide bonds. The maximum Gasteiger partial charge on any atom is 0.413 e. The van der Waals surface area contributed by atoms with Crippen LogP contribution >= 0.6 is 0 Å². The van der Waals surface area contributed by atoms with Gasteiger partial charge in [-0.25, -0.2) is 4.79 Å². The number of hydrogen-bond acceptors (Lipinski definition) is 3. The molecule has 0 aliphatic carbocycles. The average Bonchev–Trinajstić information content (AvgIpc) is 2.47. The summed E-state index contributed by atoms with van der Waals surface area (Å²) in [5.74, 6) is 0.924. The molecule has 0 spiro atoms. The van der Waals surface area contributed by atoms with Crippen LogP contribution in [0.4, 0.5) is 4.79 Å². The fourth-order valence-electron chi connectivity index (χ4n) is 1.61. The third kappa shape index (κ3) is 3.74. The van der Waals surface area contributed by atoms with Gasteiger partial charge in [0.15, 0.2) is 11.5 Å². The predicted molar refractivity (Wildman–Crippen MR) is 72.3 cm³/mol. The van der Waals surface area contributed by atoms with Crippen molar-refractivity contribution in [3.63, 3.8) is 0 Å². The number of carbonyl (C=O) groups excluding carboxylic acids is 1. The van der Waals surface area contributed by atoms with Crippen LogP contribution in [0.25, 0.3) is 0 Å². The number of para-hydroxylation sites is 2. The number of benzene rings is 2. The smallest absolute Gasteiger partial charge is 0.413 e. The third-order valence-electron chi connectivity index (χ3n) is 2.55. The normalized spacial score (nSPS) is 9.74. The van der Waals surface area contributed by atoms with E-state index >= 15 is 0 Å². The highest BCUT2D eigenvalue weighted by atomic mass is 16.6. The summed E-state index contributed by atoms with van der Waals surface area (Å²) >= 11 is 0. The highest BCUT2D eigenvalue weighted by molar-refractivity contribution is 5.71. The van der Waals surface area contributed by atoms with Crippen molar-refractivity contribution in [2.24, 2.45) is 0 Å². The molecule has 0 aromatic heterocycles. The van der Waals surface area contributed by atoms with Crippen LogP contribution < -0.4 is 14.8 Å². The van der Waals surface area contributed by atoms with Gasteiger partial charge in [-0.3, -0.25) is 0 Å². The van der Waals surface area contributed by atoms with Gasteiger partial charge in [-0.2, -0.15) is 0 Å². The molecule has 2 aromatic carbocycles. The Balaban J connectivity index is 1.91. The van der Waals surface area contributed by atoms with Crippen LogP contribution in [-0.4, -0.2) is 13.2 Å². The third-order valence-corrected chi connectivity index (χ3v) is 2.55. The lowest BCUT2D eigenvalue weighted by molar-refractivity contribution is 0.198. The lowest BCUT2D eigenvalue weighted by Crippen LogP contribution is -2.26. The van der Waals surface area contributed by atoms with Crippen LogP contribution in [0.1, 0.15) is 5.56 Å². The molecule has 19 heavy (non-hydrogen) atoms. The van der Waals surface area contributed by atoms with Crippen LogP contribution in [0.3, 0.4) is 0 Å². The molecule has 1 N–H and O–H groups in total. The molecule has 0 heterocycles. The maximum atomic E-state index is 11.7. The summed E-state index contributed by atoms with van der Waals surface area (Å²) in [7, 11) is 1.53. The second kappa shape index (κ2) is 6.44. The molecule has 0 fully saturated rings. The summed E-state index contributed by atoms with van der Waals surface area (Å²) in [5, 5.41) is 2.68. The summed E-state index contributed by atoms with van der Waals surface area (Å²) in [5.41, 5.74) is 1.01. The monoisotopic (exact) mass is 257 g/mol. The molecule has 0 saturated heterocycles. The minimum Gasteiger partial charge on any atom is -0.493 e. The Kier molecular flexibility index (Phi) is 4.39. The van der Waals surface area contributed by atoms with Gasteiger partial charge >= 0.3 is 6.09 Å². The van der Waals surface area contributed by atoms with E-state index in [9.17, 15) is 4.79 Å². The first-order valence-corrected chi connectivity index (χ1v) is 5.92. The quantitative estimate of drug-likeness (QED) is 0.916. The zero-order valence-corrected chi connectivity index (χ0v) is 10.6. The molecular formula is C15H15NO3. The van der Waals surface area contributed by atoms with E-state index < -0.39 is 6.09 Å². The van der Waals surface area contributed by atoms with Crippen LogP contribution in [0, 0.1) is 0 Å². The van der Waals surface area contributed by atoms with Crippen molar-refractivity contribution < 1.29 is 14.3 Å². The van der Waals surface area contributed by atoms with Crippen molar-refractivity contribution in [2.45, 2.75) is 6.54 Å². The number of amides is 1. The van der Waals surface area contributed by atoms with Gasteiger partial charge in [0.2, 0.25) is 0 Å². The number of methoxy groups -OCH3 is 1. The molecule has 0 unspecified atom stereocenters. The van der Waals surface area contributed by atoms with E-state index in [0.717, 1.165) is 5.56 Å². The van der Waals surface area contributed by atoms with E-state index in [1.54, 1.807) is 18.2 Å². The lowest BCUT2D eigenvalue weighted by atomic mass is 10.2. The summed E-state index contributed by atoms with van der Waals surface area (Å²) in [4.78, 5) is 11.7. The topological polar surface area (TPSA) is 47.6 Å². The zero-order valence-electron chi connectivity index (χ0n) is 10.6. The summed E-state index contributed by atoms with van der Waals surface area (Å²) in [6.07, 6.45) is -0.506. The largest absolute Gasteiger partial charge is 0.493 e. The van der Waals surface area contributed by atoms with Gasteiger partial charge in [0.05, 0.1) is 7.11 Å². The highest BCUT2D eigenvalue weighted by Crippen LogP contribution is 2.25. The summed E-state index contributed by atoms with van der Waals surface area (Å²) in [6, 6.07) is 16.6. The Hall–Kier alpha value is -2.49. The first kappa shape index (κ1) is 13.0. The standard InChI is InChI=1S/C15H15NO3/c1-18-13-9-5-6-10-14(13)19-15(17)16-11-12-7-3-2-4-8-12/h2-10H,11H2,1H3,(H,16,17). The van der Waals surface area contributed by atoms with Crippen molar-refractivity contribution in [1.29, 1.82) is 0 Å². The van der Waals surface area contributed by atoms with Crippen molar-refractivity contribution in [3.05, 3.63) is 60.2 Å². The first-order chi connectivity index (χ1) is 9.29. The second-order valence-electron chi connectivity index (χ2n) is 3.88. The number of carbonyl (C=O) groups is 1. The van der Waals surface area contributed by atoms with Crippen molar-refractivity contribution in [1.82, 2.24) is 5.32 Å². The zero-order chi connectivity index (χ0) is 13.5. The summed E-state index contributed by atoms with van der Waals surface area (Å²) < 4.78 is 10.3. The minimum atomic E-state index is -0.506. The van der Waals surface area contributed by atoms with Gasteiger partial charge in [0.25, 0.3) is 0 Å². The molecular weight excluding hydrogens is 242 g/mol. The van der Waals surface area contributed by atoms with Crippen LogP contribution in [0.5, 0.6) is 11.5 Å². The van der Waals surface area contributed by atoms with Gasteiger partial charge in [0, 0.05) is 6.54 Å². The van der Waals surface area contributed by atoms with Crippen molar-refractivity contribution in [3.8, 4) is 11.5 Å². The molecule has 0 bridgehead atoms. The molecule has 0 atom stereocenters. The SMILES string of the molecule is COc1ccccc1OC(=O)NCc1ccccc1. The number of ether oxygens (including phenoxy) is 2. The molecule has 98 valence electrons.